The zero-order valence-electron chi connectivity index (χ0n) is 14.0. The highest BCUT2D eigenvalue weighted by atomic mass is 16.3. The molecule has 1 aromatic carbocycles. The number of fused-ring (bicyclic) bond motifs is 1. The third kappa shape index (κ3) is 3.88. The highest BCUT2D eigenvalue weighted by Crippen LogP contribution is 2.20. The first-order chi connectivity index (χ1) is 12.2. The second-order valence-corrected chi connectivity index (χ2v) is 5.61. The van der Waals surface area contributed by atoms with Gasteiger partial charge >= 0.3 is 0 Å². The van der Waals surface area contributed by atoms with Crippen LogP contribution in [0, 0.1) is 0 Å². The Labute approximate surface area is 145 Å². The van der Waals surface area contributed by atoms with Crippen molar-refractivity contribution < 1.29 is 14.0 Å². The molecule has 3 aromatic rings. The maximum absolute atomic E-state index is 12.2. The van der Waals surface area contributed by atoms with Crippen molar-refractivity contribution in [2.75, 3.05) is 11.9 Å². The average molecular weight is 340 g/mol. The van der Waals surface area contributed by atoms with E-state index in [0.29, 0.717) is 5.95 Å². The van der Waals surface area contributed by atoms with Gasteiger partial charge in [0.05, 0.1) is 17.3 Å². The second kappa shape index (κ2) is 7.65. The fourth-order valence-electron chi connectivity index (χ4n) is 2.59. The van der Waals surface area contributed by atoms with Gasteiger partial charge in [-0.3, -0.25) is 14.9 Å². The summed E-state index contributed by atoms with van der Waals surface area (Å²) in [5.41, 5.74) is 1.84. The predicted molar refractivity (Wildman–Crippen MR) is 94.3 cm³/mol. The van der Waals surface area contributed by atoms with Crippen molar-refractivity contribution in [3.05, 3.63) is 48.4 Å². The van der Waals surface area contributed by atoms with Gasteiger partial charge in [-0.15, -0.1) is 0 Å². The number of rotatable bonds is 7. The van der Waals surface area contributed by atoms with Gasteiger partial charge in [-0.25, -0.2) is 4.98 Å². The smallest absolute Gasteiger partial charge is 0.286 e. The molecule has 3 rings (SSSR count). The summed E-state index contributed by atoms with van der Waals surface area (Å²) in [6.45, 7) is 3.06. The van der Waals surface area contributed by atoms with Crippen molar-refractivity contribution in [2.24, 2.45) is 0 Å². The lowest BCUT2D eigenvalue weighted by molar-refractivity contribution is -0.116. The summed E-state index contributed by atoms with van der Waals surface area (Å²) in [6, 6.07) is 11.0. The minimum Gasteiger partial charge on any atom is -0.459 e. The number of hydrogen-bond acceptors (Lipinski definition) is 4. The Morgan fingerprint density at radius 3 is 2.80 bits per heavy atom. The molecule has 2 heterocycles. The number of para-hydroxylation sites is 2. The van der Waals surface area contributed by atoms with E-state index in [1.165, 1.54) is 6.26 Å². The summed E-state index contributed by atoms with van der Waals surface area (Å²) in [6.07, 6.45) is 2.52. The molecule has 7 heteroatoms. The lowest BCUT2D eigenvalue weighted by Gasteiger charge is -2.09. The molecule has 2 amide bonds. The molecule has 25 heavy (non-hydrogen) atoms. The zero-order valence-corrected chi connectivity index (χ0v) is 14.0. The van der Waals surface area contributed by atoms with Crippen molar-refractivity contribution in [3.8, 4) is 0 Å². The monoisotopic (exact) mass is 340 g/mol. The Morgan fingerprint density at radius 2 is 2.04 bits per heavy atom. The maximum atomic E-state index is 12.2. The van der Waals surface area contributed by atoms with Crippen molar-refractivity contribution in [3.63, 3.8) is 0 Å². The van der Waals surface area contributed by atoms with Gasteiger partial charge in [0, 0.05) is 19.5 Å². The van der Waals surface area contributed by atoms with Crippen LogP contribution >= 0.6 is 0 Å². The molecule has 0 aliphatic carbocycles. The Balaban J connectivity index is 1.60. The van der Waals surface area contributed by atoms with E-state index < -0.39 is 0 Å². The normalized spacial score (nSPS) is 10.8. The molecule has 130 valence electrons. The van der Waals surface area contributed by atoms with E-state index in [-0.39, 0.29) is 30.5 Å². The van der Waals surface area contributed by atoms with Gasteiger partial charge in [-0.2, -0.15) is 0 Å². The van der Waals surface area contributed by atoms with Gasteiger partial charge in [0.25, 0.3) is 5.91 Å². The molecule has 0 bridgehead atoms. The van der Waals surface area contributed by atoms with E-state index in [0.717, 1.165) is 24.0 Å². The van der Waals surface area contributed by atoms with Gasteiger partial charge in [0.2, 0.25) is 11.9 Å². The number of furan rings is 1. The summed E-state index contributed by atoms with van der Waals surface area (Å²) in [5.74, 6) is 0.221. The molecule has 7 nitrogen and oxygen atoms in total. The largest absolute Gasteiger partial charge is 0.459 e. The Kier molecular flexibility index (Phi) is 5.13. The molecule has 0 saturated heterocycles. The van der Waals surface area contributed by atoms with Gasteiger partial charge in [0.15, 0.2) is 5.76 Å². The highest BCUT2D eigenvalue weighted by molar-refractivity contribution is 5.93. The van der Waals surface area contributed by atoms with Gasteiger partial charge in [-0.05, 0) is 30.7 Å². The topological polar surface area (TPSA) is 89.2 Å². The molecule has 0 saturated carbocycles. The number of benzene rings is 1. The summed E-state index contributed by atoms with van der Waals surface area (Å²) in [4.78, 5) is 28.4. The summed E-state index contributed by atoms with van der Waals surface area (Å²) >= 11 is 0. The van der Waals surface area contributed by atoms with Crippen LogP contribution in [0.15, 0.2) is 47.1 Å². The van der Waals surface area contributed by atoms with Crippen LogP contribution in [0.2, 0.25) is 0 Å². The SMILES string of the molecule is CCCn1c(NC(=O)CCNC(=O)c2ccco2)nc2ccccc21. The third-order valence-electron chi connectivity index (χ3n) is 3.74. The van der Waals surface area contributed by atoms with Crippen LogP contribution in [0.1, 0.15) is 30.3 Å². The number of carbonyl (C=O) groups is 2. The van der Waals surface area contributed by atoms with Crippen molar-refractivity contribution in [1.29, 1.82) is 0 Å². The number of nitrogens with one attached hydrogen (secondary N) is 2. The van der Waals surface area contributed by atoms with Crippen LogP contribution in [0.3, 0.4) is 0 Å². The fourth-order valence-corrected chi connectivity index (χ4v) is 2.59. The van der Waals surface area contributed by atoms with E-state index in [1.54, 1.807) is 12.1 Å². The molecule has 0 fully saturated rings. The number of nitrogens with zero attached hydrogens (tertiary/aromatic N) is 2. The first-order valence-electron chi connectivity index (χ1n) is 8.26. The standard InChI is InChI=1S/C18H20N4O3/c1-2-11-22-14-7-4-3-6-13(14)20-18(22)21-16(23)9-10-19-17(24)15-8-5-12-25-15/h3-8,12H,2,9-11H2,1H3,(H,19,24)(H,20,21,23). The van der Waals surface area contributed by atoms with Crippen LogP contribution in [-0.2, 0) is 11.3 Å². The lowest BCUT2D eigenvalue weighted by Crippen LogP contribution is -2.27. The molecule has 0 spiro atoms. The van der Waals surface area contributed by atoms with Crippen molar-refractivity contribution in [1.82, 2.24) is 14.9 Å². The quantitative estimate of drug-likeness (QED) is 0.692. The van der Waals surface area contributed by atoms with Crippen LogP contribution in [0.25, 0.3) is 11.0 Å². The number of carbonyl (C=O) groups excluding carboxylic acids is 2. The third-order valence-corrected chi connectivity index (χ3v) is 3.74. The summed E-state index contributed by atoms with van der Waals surface area (Å²) < 4.78 is 6.99. The number of imidazole rings is 1. The molecule has 0 radical (unpaired) electrons. The number of aryl methyl sites for hydroxylation is 1. The first-order valence-corrected chi connectivity index (χ1v) is 8.26. The zero-order chi connectivity index (χ0) is 17.6. The maximum Gasteiger partial charge on any atom is 0.286 e. The van der Waals surface area contributed by atoms with E-state index >= 15 is 0 Å². The number of amides is 2. The second-order valence-electron chi connectivity index (χ2n) is 5.61. The predicted octanol–water partition coefficient (Wildman–Crippen LogP) is 2.80. The lowest BCUT2D eigenvalue weighted by atomic mass is 10.3. The van der Waals surface area contributed by atoms with Crippen molar-refractivity contribution >= 4 is 28.8 Å². The van der Waals surface area contributed by atoms with Crippen molar-refractivity contribution in [2.45, 2.75) is 26.3 Å². The first kappa shape index (κ1) is 16.8. The molecule has 0 aliphatic rings. The summed E-state index contributed by atoms with van der Waals surface area (Å²) in [5, 5.41) is 5.48. The minimum atomic E-state index is -0.337. The van der Waals surface area contributed by atoms with Crippen LogP contribution in [0.5, 0.6) is 0 Å². The Hall–Kier alpha value is -3.09. The van der Waals surface area contributed by atoms with E-state index in [1.807, 2.05) is 28.8 Å². The van der Waals surface area contributed by atoms with E-state index in [4.69, 9.17) is 4.42 Å². The molecule has 2 N–H and O–H groups in total. The summed E-state index contributed by atoms with van der Waals surface area (Å²) in [7, 11) is 0. The average Bonchev–Trinajstić information content (AvgIpc) is 3.24. The number of aromatic nitrogens is 2. The minimum absolute atomic E-state index is 0.155. The Morgan fingerprint density at radius 1 is 1.20 bits per heavy atom. The van der Waals surface area contributed by atoms with Gasteiger partial charge in [0.1, 0.15) is 0 Å². The van der Waals surface area contributed by atoms with E-state index in [2.05, 4.69) is 22.5 Å². The van der Waals surface area contributed by atoms with Crippen LogP contribution in [-0.4, -0.2) is 27.9 Å². The molecular weight excluding hydrogens is 320 g/mol. The number of hydrogen-bond donors (Lipinski definition) is 2. The molecule has 0 unspecified atom stereocenters. The van der Waals surface area contributed by atoms with Crippen LogP contribution < -0.4 is 10.6 Å². The molecule has 2 aromatic heterocycles. The Bertz CT molecular complexity index is 868. The number of anilines is 1. The molecule has 0 atom stereocenters. The van der Waals surface area contributed by atoms with E-state index in [9.17, 15) is 9.59 Å². The van der Waals surface area contributed by atoms with Crippen LogP contribution in [0.4, 0.5) is 5.95 Å². The molecule has 0 aliphatic heterocycles. The van der Waals surface area contributed by atoms with Gasteiger partial charge in [-0.1, -0.05) is 19.1 Å². The highest BCUT2D eigenvalue weighted by Gasteiger charge is 2.13. The van der Waals surface area contributed by atoms with Gasteiger partial charge < -0.3 is 14.3 Å². The fraction of sp³-hybridized carbons (Fsp3) is 0.278. The molecular formula is C18H20N4O3.